The van der Waals surface area contributed by atoms with E-state index in [1.807, 2.05) is 43.4 Å². The van der Waals surface area contributed by atoms with Gasteiger partial charge in [0.25, 0.3) is 0 Å². The normalized spacial score (nSPS) is 10.2. The van der Waals surface area contributed by atoms with E-state index in [4.69, 9.17) is 17.3 Å². The van der Waals surface area contributed by atoms with Crippen LogP contribution in [0, 0.1) is 0 Å². The zero-order chi connectivity index (χ0) is 12.3. The second-order valence-corrected chi connectivity index (χ2v) is 4.43. The van der Waals surface area contributed by atoms with E-state index >= 15 is 0 Å². The third kappa shape index (κ3) is 2.71. The van der Waals surface area contributed by atoms with E-state index in [1.54, 1.807) is 0 Å². The van der Waals surface area contributed by atoms with Crippen molar-refractivity contribution in [3.8, 4) is 0 Å². The lowest BCUT2D eigenvalue weighted by atomic mass is 10.2. The van der Waals surface area contributed by atoms with Crippen LogP contribution in [0.4, 0.5) is 11.4 Å². The number of halogens is 1. The van der Waals surface area contributed by atoms with E-state index in [9.17, 15) is 0 Å². The van der Waals surface area contributed by atoms with Crippen molar-refractivity contribution in [2.45, 2.75) is 6.54 Å². The van der Waals surface area contributed by atoms with Crippen molar-refractivity contribution in [2.24, 2.45) is 0 Å². The number of rotatable bonds is 3. The molecule has 0 saturated heterocycles. The summed E-state index contributed by atoms with van der Waals surface area (Å²) < 4.78 is 0. The highest BCUT2D eigenvalue weighted by atomic mass is 35.5. The quantitative estimate of drug-likeness (QED) is 0.840. The van der Waals surface area contributed by atoms with Gasteiger partial charge in [0.05, 0.1) is 16.4 Å². The largest absolute Gasteiger partial charge is 0.397 e. The molecule has 0 aromatic heterocycles. The Morgan fingerprint density at radius 1 is 1.06 bits per heavy atom. The van der Waals surface area contributed by atoms with E-state index < -0.39 is 0 Å². The van der Waals surface area contributed by atoms with Crippen LogP contribution in [0.5, 0.6) is 0 Å². The highest BCUT2D eigenvalue weighted by Gasteiger charge is 2.09. The van der Waals surface area contributed by atoms with Gasteiger partial charge in [0.2, 0.25) is 0 Å². The molecular weight excluding hydrogens is 232 g/mol. The Morgan fingerprint density at radius 3 is 2.41 bits per heavy atom. The van der Waals surface area contributed by atoms with E-state index in [-0.39, 0.29) is 0 Å². The standard InChI is InChI=1S/C14H15ClN2/c1-17(10-11-6-3-2-4-7-11)14-12(15)8-5-9-13(14)16/h2-9H,10,16H2,1H3. The Kier molecular flexibility index (Phi) is 3.55. The molecule has 88 valence electrons. The van der Waals surface area contributed by atoms with Crippen molar-refractivity contribution in [3.05, 3.63) is 59.1 Å². The van der Waals surface area contributed by atoms with E-state index in [0.29, 0.717) is 10.7 Å². The molecule has 0 fully saturated rings. The molecule has 0 spiro atoms. The van der Waals surface area contributed by atoms with Crippen molar-refractivity contribution >= 4 is 23.0 Å². The van der Waals surface area contributed by atoms with Crippen molar-refractivity contribution in [1.82, 2.24) is 0 Å². The van der Waals surface area contributed by atoms with Crippen LogP contribution < -0.4 is 10.6 Å². The summed E-state index contributed by atoms with van der Waals surface area (Å²) in [5.41, 5.74) is 8.77. The summed E-state index contributed by atoms with van der Waals surface area (Å²) in [6.07, 6.45) is 0. The molecule has 0 unspecified atom stereocenters. The number of hydrogen-bond donors (Lipinski definition) is 1. The molecule has 2 aromatic carbocycles. The fourth-order valence-corrected chi connectivity index (χ4v) is 2.20. The highest BCUT2D eigenvalue weighted by molar-refractivity contribution is 6.33. The molecule has 0 saturated carbocycles. The molecular formula is C14H15ClN2. The maximum atomic E-state index is 6.17. The predicted octanol–water partition coefficient (Wildman–Crippen LogP) is 3.56. The molecule has 2 N–H and O–H groups in total. The topological polar surface area (TPSA) is 29.3 Å². The maximum absolute atomic E-state index is 6.17. The van der Waals surface area contributed by atoms with Crippen LogP contribution in [0.15, 0.2) is 48.5 Å². The van der Waals surface area contributed by atoms with Gasteiger partial charge in [-0.1, -0.05) is 48.0 Å². The average molecular weight is 247 g/mol. The van der Waals surface area contributed by atoms with Crippen molar-refractivity contribution in [1.29, 1.82) is 0 Å². The number of nitrogens with zero attached hydrogens (tertiary/aromatic N) is 1. The first kappa shape index (κ1) is 11.8. The molecule has 0 atom stereocenters. The summed E-state index contributed by atoms with van der Waals surface area (Å²) >= 11 is 6.17. The fourth-order valence-electron chi connectivity index (χ4n) is 1.87. The average Bonchev–Trinajstić information content (AvgIpc) is 2.30. The van der Waals surface area contributed by atoms with Crippen LogP contribution in [0.3, 0.4) is 0 Å². The molecule has 2 nitrogen and oxygen atoms in total. The lowest BCUT2D eigenvalue weighted by molar-refractivity contribution is 0.925. The zero-order valence-electron chi connectivity index (χ0n) is 9.73. The minimum atomic E-state index is 0.684. The third-order valence-corrected chi connectivity index (χ3v) is 2.97. The monoisotopic (exact) mass is 246 g/mol. The molecule has 17 heavy (non-hydrogen) atoms. The smallest absolute Gasteiger partial charge is 0.0789 e. The number of para-hydroxylation sites is 1. The number of nitrogen functional groups attached to an aromatic ring is 1. The van der Waals surface area contributed by atoms with Gasteiger partial charge < -0.3 is 10.6 Å². The van der Waals surface area contributed by atoms with Gasteiger partial charge in [-0.2, -0.15) is 0 Å². The second kappa shape index (κ2) is 5.11. The Bertz CT molecular complexity index is 477. The summed E-state index contributed by atoms with van der Waals surface area (Å²) in [7, 11) is 1.99. The van der Waals surface area contributed by atoms with E-state index in [1.165, 1.54) is 5.56 Å². The van der Waals surface area contributed by atoms with Gasteiger partial charge in [-0.05, 0) is 17.7 Å². The number of benzene rings is 2. The Hall–Kier alpha value is -1.67. The Labute approximate surface area is 107 Å². The van der Waals surface area contributed by atoms with Gasteiger partial charge in [0.15, 0.2) is 0 Å². The minimum Gasteiger partial charge on any atom is -0.397 e. The summed E-state index contributed by atoms with van der Waals surface area (Å²) in [6, 6.07) is 15.8. The summed E-state index contributed by atoms with van der Waals surface area (Å²) in [6.45, 7) is 0.786. The van der Waals surface area contributed by atoms with Gasteiger partial charge in [0.1, 0.15) is 0 Å². The van der Waals surface area contributed by atoms with Gasteiger partial charge in [-0.25, -0.2) is 0 Å². The van der Waals surface area contributed by atoms with E-state index in [2.05, 4.69) is 17.0 Å². The lowest BCUT2D eigenvalue weighted by Gasteiger charge is -2.22. The lowest BCUT2D eigenvalue weighted by Crippen LogP contribution is -2.18. The first-order valence-corrected chi connectivity index (χ1v) is 5.85. The van der Waals surface area contributed by atoms with Gasteiger partial charge in [-0.3, -0.25) is 0 Å². The van der Waals surface area contributed by atoms with Gasteiger partial charge in [0, 0.05) is 13.6 Å². The second-order valence-electron chi connectivity index (χ2n) is 4.02. The van der Waals surface area contributed by atoms with E-state index in [0.717, 1.165) is 12.2 Å². The van der Waals surface area contributed by atoms with Crippen LogP contribution in [-0.4, -0.2) is 7.05 Å². The molecule has 0 aliphatic carbocycles. The van der Waals surface area contributed by atoms with Crippen LogP contribution in [0.1, 0.15) is 5.56 Å². The maximum Gasteiger partial charge on any atom is 0.0789 e. The Morgan fingerprint density at radius 2 is 1.76 bits per heavy atom. The summed E-state index contributed by atoms with van der Waals surface area (Å²) in [4.78, 5) is 2.06. The number of anilines is 2. The number of hydrogen-bond acceptors (Lipinski definition) is 2. The SMILES string of the molecule is CN(Cc1ccccc1)c1c(N)cccc1Cl. The first-order valence-electron chi connectivity index (χ1n) is 5.47. The molecule has 0 heterocycles. The molecule has 0 aliphatic rings. The van der Waals surface area contributed by atoms with Crippen LogP contribution in [0.2, 0.25) is 5.02 Å². The van der Waals surface area contributed by atoms with Crippen molar-refractivity contribution < 1.29 is 0 Å². The molecule has 2 rings (SSSR count). The molecule has 2 aromatic rings. The molecule has 0 bridgehead atoms. The number of nitrogens with two attached hydrogens (primary N) is 1. The van der Waals surface area contributed by atoms with Crippen LogP contribution in [0.25, 0.3) is 0 Å². The molecule has 3 heteroatoms. The third-order valence-electron chi connectivity index (χ3n) is 2.66. The summed E-state index contributed by atoms with van der Waals surface area (Å²) in [5.74, 6) is 0. The summed E-state index contributed by atoms with van der Waals surface area (Å²) in [5, 5.41) is 0.684. The van der Waals surface area contributed by atoms with Gasteiger partial charge in [-0.15, -0.1) is 0 Å². The minimum absolute atomic E-state index is 0.684. The zero-order valence-corrected chi connectivity index (χ0v) is 10.5. The van der Waals surface area contributed by atoms with Crippen molar-refractivity contribution in [3.63, 3.8) is 0 Å². The molecule has 0 amide bonds. The highest BCUT2D eigenvalue weighted by Crippen LogP contribution is 2.31. The molecule has 0 radical (unpaired) electrons. The predicted molar refractivity (Wildman–Crippen MR) is 74.4 cm³/mol. The van der Waals surface area contributed by atoms with Crippen molar-refractivity contribution in [2.75, 3.05) is 17.7 Å². The first-order chi connectivity index (χ1) is 8.18. The Balaban J connectivity index is 2.23. The van der Waals surface area contributed by atoms with Crippen LogP contribution in [-0.2, 0) is 6.54 Å². The van der Waals surface area contributed by atoms with Crippen LogP contribution >= 0.6 is 11.6 Å². The fraction of sp³-hybridized carbons (Fsp3) is 0.143. The molecule has 0 aliphatic heterocycles. The van der Waals surface area contributed by atoms with Gasteiger partial charge >= 0.3 is 0 Å².